The Morgan fingerprint density at radius 3 is 2.58 bits per heavy atom. The van der Waals surface area contributed by atoms with Gasteiger partial charge in [-0.15, -0.1) is 0 Å². The molecule has 1 fully saturated rings. The van der Waals surface area contributed by atoms with Gasteiger partial charge in [0.05, 0.1) is 16.3 Å². The summed E-state index contributed by atoms with van der Waals surface area (Å²) in [6.45, 7) is 7.10. The molecule has 1 aromatic carbocycles. The second-order valence-corrected chi connectivity index (χ2v) is 7.17. The summed E-state index contributed by atoms with van der Waals surface area (Å²) in [7, 11) is 0. The highest BCUT2D eigenvalue weighted by atomic mass is 35.5. The molecule has 128 valence electrons. The normalized spacial score (nSPS) is 15.1. The molecule has 0 atom stereocenters. The smallest absolute Gasteiger partial charge is 0.249 e. The van der Waals surface area contributed by atoms with E-state index in [-0.39, 0.29) is 11.5 Å². The molecule has 6 heteroatoms. The summed E-state index contributed by atoms with van der Waals surface area (Å²) < 4.78 is 15.8. The third-order valence-electron chi connectivity index (χ3n) is 4.59. The van der Waals surface area contributed by atoms with Gasteiger partial charge < -0.3 is 4.90 Å². The van der Waals surface area contributed by atoms with Crippen LogP contribution in [0.1, 0.15) is 32.3 Å². The zero-order valence-electron chi connectivity index (χ0n) is 14.1. The largest absolute Gasteiger partial charge is 0.341 e. The topological polar surface area (TPSA) is 38.1 Å². The minimum Gasteiger partial charge on any atom is -0.341 e. The average Bonchev–Trinajstić information content (AvgIpc) is 3.17. The first-order valence-corrected chi connectivity index (χ1v) is 8.50. The number of carbonyl (C=O) groups is 1. The van der Waals surface area contributed by atoms with Crippen LogP contribution in [0.15, 0.2) is 24.4 Å². The monoisotopic (exact) mass is 349 g/mol. The Bertz CT molecular complexity index is 758. The summed E-state index contributed by atoms with van der Waals surface area (Å²) in [4.78, 5) is 14.7. The third kappa shape index (κ3) is 2.81. The van der Waals surface area contributed by atoms with Crippen molar-refractivity contribution >= 4 is 17.5 Å². The number of likely N-dealkylation sites (tertiary alicyclic amines) is 1. The Balaban J connectivity index is 2.00. The van der Waals surface area contributed by atoms with E-state index in [2.05, 4.69) is 5.10 Å². The van der Waals surface area contributed by atoms with E-state index < -0.39 is 11.4 Å². The number of rotatable bonds is 3. The van der Waals surface area contributed by atoms with E-state index in [4.69, 9.17) is 11.6 Å². The first-order chi connectivity index (χ1) is 11.3. The van der Waals surface area contributed by atoms with Crippen molar-refractivity contribution in [2.24, 2.45) is 0 Å². The molecule has 4 nitrogen and oxygen atoms in total. The van der Waals surface area contributed by atoms with Crippen LogP contribution >= 0.6 is 11.6 Å². The summed E-state index contributed by atoms with van der Waals surface area (Å²) in [6, 6.07) is 4.56. The lowest BCUT2D eigenvalue weighted by atomic mass is 10.0. The van der Waals surface area contributed by atoms with Gasteiger partial charge in [0.25, 0.3) is 0 Å². The number of hydrogen-bond acceptors (Lipinski definition) is 2. The van der Waals surface area contributed by atoms with Crippen molar-refractivity contribution in [3.05, 3.63) is 40.8 Å². The van der Waals surface area contributed by atoms with E-state index in [1.165, 1.54) is 6.07 Å². The number of benzene rings is 1. The molecule has 1 amide bonds. The SMILES string of the molecule is Cc1cn(C(C)(C)C(=O)N2CCCC2)nc1-c1c(F)cccc1Cl. The Labute approximate surface area is 146 Å². The highest BCUT2D eigenvalue weighted by Gasteiger charge is 2.36. The Kier molecular flexibility index (Phi) is 4.38. The van der Waals surface area contributed by atoms with Crippen LogP contribution in [-0.4, -0.2) is 33.7 Å². The van der Waals surface area contributed by atoms with Crippen molar-refractivity contribution in [2.45, 2.75) is 39.2 Å². The van der Waals surface area contributed by atoms with Gasteiger partial charge in [0.2, 0.25) is 5.91 Å². The number of hydrogen-bond donors (Lipinski definition) is 0. The molecule has 0 unspecified atom stereocenters. The third-order valence-corrected chi connectivity index (χ3v) is 4.90. The lowest BCUT2D eigenvalue weighted by Crippen LogP contribution is -2.46. The van der Waals surface area contributed by atoms with Gasteiger partial charge in [-0.1, -0.05) is 17.7 Å². The predicted octanol–water partition coefficient (Wildman–Crippen LogP) is 4.01. The first kappa shape index (κ1) is 17.0. The molecule has 2 heterocycles. The molecule has 1 aliphatic rings. The lowest BCUT2D eigenvalue weighted by molar-refractivity contribution is -0.138. The van der Waals surface area contributed by atoms with Crippen LogP contribution in [0.5, 0.6) is 0 Å². The van der Waals surface area contributed by atoms with Crippen molar-refractivity contribution in [1.82, 2.24) is 14.7 Å². The first-order valence-electron chi connectivity index (χ1n) is 8.13. The molecule has 24 heavy (non-hydrogen) atoms. The van der Waals surface area contributed by atoms with Gasteiger partial charge in [-0.3, -0.25) is 9.48 Å². The second-order valence-electron chi connectivity index (χ2n) is 6.76. The molecule has 0 aliphatic carbocycles. The fourth-order valence-corrected chi connectivity index (χ4v) is 3.38. The van der Waals surface area contributed by atoms with E-state index >= 15 is 0 Å². The van der Waals surface area contributed by atoms with Crippen LogP contribution in [0.25, 0.3) is 11.3 Å². The highest BCUT2D eigenvalue weighted by Crippen LogP contribution is 2.33. The Hall–Kier alpha value is -1.88. The maximum absolute atomic E-state index is 14.2. The van der Waals surface area contributed by atoms with Crippen LogP contribution in [0.4, 0.5) is 4.39 Å². The van der Waals surface area contributed by atoms with Gasteiger partial charge in [-0.2, -0.15) is 5.10 Å². The number of amides is 1. The summed E-state index contributed by atoms with van der Waals surface area (Å²) in [5, 5.41) is 4.82. The van der Waals surface area contributed by atoms with Crippen LogP contribution in [0.2, 0.25) is 5.02 Å². The number of halogens is 2. The highest BCUT2D eigenvalue weighted by molar-refractivity contribution is 6.33. The molecule has 0 radical (unpaired) electrons. The van der Waals surface area contributed by atoms with E-state index in [0.29, 0.717) is 10.7 Å². The van der Waals surface area contributed by atoms with Crippen LogP contribution in [0.3, 0.4) is 0 Å². The molecule has 3 rings (SSSR count). The van der Waals surface area contributed by atoms with Gasteiger partial charge >= 0.3 is 0 Å². The summed E-state index contributed by atoms with van der Waals surface area (Å²) in [6.07, 6.45) is 3.86. The second kappa shape index (κ2) is 6.20. The predicted molar refractivity (Wildman–Crippen MR) is 92.5 cm³/mol. The zero-order chi connectivity index (χ0) is 17.5. The summed E-state index contributed by atoms with van der Waals surface area (Å²) in [5.74, 6) is -0.381. The lowest BCUT2D eigenvalue weighted by Gasteiger charge is -2.29. The molecule has 1 aromatic heterocycles. The van der Waals surface area contributed by atoms with E-state index in [1.54, 1.807) is 23.0 Å². The molecule has 0 saturated carbocycles. The molecule has 2 aromatic rings. The van der Waals surface area contributed by atoms with E-state index in [1.807, 2.05) is 25.7 Å². The van der Waals surface area contributed by atoms with Gasteiger partial charge in [0.1, 0.15) is 11.4 Å². The maximum atomic E-state index is 14.2. The fourth-order valence-electron chi connectivity index (χ4n) is 3.12. The molecule has 0 N–H and O–H groups in total. The molecule has 0 bridgehead atoms. The molecule has 1 saturated heterocycles. The van der Waals surface area contributed by atoms with Crippen molar-refractivity contribution < 1.29 is 9.18 Å². The van der Waals surface area contributed by atoms with Gasteiger partial charge in [0.15, 0.2) is 0 Å². The van der Waals surface area contributed by atoms with Crippen molar-refractivity contribution in [1.29, 1.82) is 0 Å². The van der Waals surface area contributed by atoms with Crippen molar-refractivity contribution in [3.63, 3.8) is 0 Å². The molecular weight excluding hydrogens is 329 g/mol. The van der Waals surface area contributed by atoms with Crippen LogP contribution < -0.4 is 0 Å². The standard InChI is InChI=1S/C18H21ClFN3O/c1-12-11-23(18(2,3)17(24)22-9-4-5-10-22)21-16(12)15-13(19)7-6-8-14(15)20/h6-8,11H,4-5,9-10H2,1-3H3. The Morgan fingerprint density at radius 1 is 1.29 bits per heavy atom. The quantitative estimate of drug-likeness (QED) is 0.839. The van der Waals surface area contributed by atoms with Gasteiger partial charge in [-0.05, 0) is 51.3 Å². The average molecular weight is 350 g/mol. The van der Waals surface area contributed by atoms with E-state index in [0.717, 1.165) is 31.5 Å². The fraction of sp³-hybridized carbons (Fsp3) is 0.444. The van der Waals surface area contributed by atoms with E-state index in [9.17, 15) is 9.18 Å². The number of aryl methyl sites for hydroxylation is 1. The van der Waals surface area contributed by atoms with Crippen LogP contribution in [-0.2, 0) is 10.3 Å². The minimum absolute atomic E-state index is 0.0358. The van der Waals surface area contributed by atoms with Gasteiger partial charge in [0, 0.05) is 19.3 Å². The molecule has 0 spiro atoms. The zero-order valence-corrected chi connectivity index (χ0v) is 14.9. The number of aromatic nitrogens is 2. The molecular formula is C18H21ClFN3O. The summed E-state index contributed by atoms with van der Waals surface area (Å²) in [5.41, 5.74) is 0.704. The van der Waals surface area contributed by atoms with Crippen molar-refractivity contribution in [3.8, 4) is 11.3 Å². The van der Waals surface area contributed by atoms with Crippen LogP contribution in [0, 0.1) is 12.7 Å². The minimum atomic E-state index is -0.828. The number of carbonyl (C=O) groups excluding carboxylic acids is 1. The van der Waals surface area contributed by atoms with Gasteiger partial charge in [-0.25, -0.2) is 4.39 Å². The molecule has 1 aliphatic heterocycles. The maximum Gasteiger partial charge on any atom is 0.249 e. The number of nitrogens with zero attached hydrogens (tertiary/aromatic N) is 3. The van der Waals surface area contributed by atoms with Crippen molar-refractivity contribution in [2.75, 3.05) is 13.1 Å². The Morgan fingerprint density at radius 2 is 1.96 bits per heavy atom. The summed E-state index contributed by atoms with van der Waals surface area (Å²) >= 11 is 6.16.